The molecule has 0 aliphatic carbocycles. The topological polar surface area (TPSA) is 65.4 Å². The Morgan fingerprint density at radius 2 is 1.75 bits per heavy atom. The molecule has 0 aliphatic rings. The van der Waals surface area contributed by atoms with Gasteiger partial charge in [-0.1, -0.05) is 36.4 Å². The average molecular weight is 375 g/mol. The van der Waals surface area contributed by atoms with Crippen molar-refractivity contribution < 1.29 is 14.3 Å². The zero-order chi connectivity index (χ0) is 19.7. The second kappa shape index (κ2) is 7.23. The predicted octanol–water partition coefficient (Wildman–Crippen LogP) is 4.48. The Balaban J connectivity index is 1.77. The molecule has 0 amide bonds. The maximum atomic E-state index is 12.2. The SMILES string of the molecule is COc1cc(CNc2nc3ccccc3n2C(C)=O)c(OC)c2ccccc12. The number of fused-ring (bicyclic) bond motifs is 2. The van der Waals surface area contributed by atoms with Crippen LogP contribution in [0.2, 0.25) is 0 Å². The van der Waals surface area contributed by atoms with Crippen LogP contribution < -0.4 is 14.8 Å². The van der Waals surface area contributed by atoms with E-state index < -0.39 is 0 Å². The number of hydrogen-bond acceptors (Lipinski definition) is 5. The van der Waals surface area contributed by atoms with E-state index in [2.05, 4.69) is 10.3 Å². The summed E-state index contributed by atoms with van der Waals surface area (Å²) in [4.78, 5) is 16.8. The molecule has 0 atom stereocenters. The van der Waals surface area contributed by atoms with Crippen molar-refractivity contribution in [3.05, 3.63) is 60.2 Å². The number of nitrogens with zero attached hydrogens (tertiary/aromatic N) is 2. The van der Waals surface area contributed by atoms with Crippen LogP contribution in [0.15, 0.2) is 54.6 Å². The van der Waals surface area contributed by atoms with Gasteiger partial charge in [-0.3, -0.25) is 4.79 Å². The second-order valence-corrected chi connectivity index (χ2v) is 6.45. The van der Waals surface area contributed by atoms with E-state index in [-0.39, 0.29) is 5.91 Å². The molecule has 4 aromatic rings. The third-order valence-electron chi connectivity index (χ3n) is 4.77. The molecule has 1 aromatic heterocycles. The molecule has 0 unspecified atom stereocenters. The van der Waals surface area contributed by atoms with E-state index >= 15 is 0 Å². The number of aromatic nitrogens is 2. The monoisotopic (exact) mass is 375 g/mol. The predicted molar refractivity (Wildman–Crippen MR) is 110 cm³/mol. The van der Waals surface area contributed by atoms with Gasteiger partial charge in [0.2, 0.25) is 11.9 Å². The van der Waals surface area contributed by atoms with Gasteiger partial charge in [0.25, 0.3) is 0 Å². The van der Waals surface area contributed by atoms with E-state index in [9.17, 15) is 4.79 Å². The van der Waals surface area contributed by atoms with Crippen LogP contribution in [0.5, 0.6) is 11.5 Å². The minimum atomic E-state index is -0.0979. The van der Waals surface area contributed by atoms with Gasteiger partial charge in [-0.05, 0) is 18.2 Å². The van der Waals surface area contributed by atoms with Crippen molar-refractivity contribution in [1.82, 2.24) is 9.55 Å². The molecule has 28 heavy (non-hydrogen) atoms. The summed E-state index contributed by atoms with van der Waals surface area (Å²) in [5, 5.41) is 5.25. The van der Waals surface area contributed by atoms with Crippen LogP contribution in [0.4, 0.5) is 5.95 Å². The van der Waals surface area contributed by atoms with Gasteiger partial charge in [0.1, 0.15) is 11.5 Å². The molecule has 4 rings (SSSR count). The fourth-order valence-corrected chi connectivity index (χ4v) is 3.55. The summed E-state index contributed by atoms with van der Waals surface area (Å²) in [5.74, 6) is 1.95. The number of carbonyl (C=O) groups is 1. The number of carbonyl (C=O) groups excluding carboxylic acids is 1. The molecular formula is C22H21N3O3. The van der Waals surface area contributed by atoms with Crippen molar-refractivity contribution in [3.8, 4) is 11.5 Å². The van der Waals surface area contributed by atoms with Crippen LogP contribution >= 0.6 is 0 Å². The van der Waals surface area contributed by atoms with Crippen molar-refractivity contribution in [2.75, 3.05) is 19.5 Å². The number of benzene rings is 3. The number of rotatable bonds is 5. The average Bonchev–Trinajstić information content (AvgIpc) is 3.09. The molecule has 6 nitrogen and oxygen atoms in total. The Hall–Kier alpha value is -3.54. The Kier molecular flexibility index (Phi) is 4.61. The van der Waals surface area contributed by atoms with Crippen LogP contribution in [0.3, 0.4) is 0 Å². The van der Waals surface area contributed by atoms with Crippen LogP contribution in [0.1, 0.15) is 17.3 Å². The lowest BCUT2D eigenvalue weighted by Gasteiger charge is -2.16. The first-order valence-corrected chi connectivity index (χ1v) is 8.99. The standard InChI is InChI=1S/C22H21N3O3/c1-14(26)25-19-11-7-6-10-18(19)24-22(25)23-13-15-12-20(27-2)16-8-4-5-9-17(16)21(15)28-3/h4-12H,13H2,1-3H3,(H,23,24). The number of nitrogens with one attached hydrogen (secondary N) is 1. The van der Waals surface area contributed by atoms with Crippen LogP contribution in [0, 0.1) is 0 Å². The highest BCUT2D eigenvalue weighted by atomic mass is 16.5. The maximum Gasteiger partial charge on any atom is 0.230 e. The van der Waals surface area contributed by atoms with Gasteiger partial charge in [-0.15, -0.1) is 0 Å². The first-order valence-electron chi connectivity index (χ1n) is 8.99. The van der Waals surface area contributed by atoms with E-state index in [4.69, 9.17) is 9.47 Å². The van der Waals surface area contributed by atoms with Crippen molar-refractivity contribution in [2.45, 2.75) is 13.5 Å². The zero-order valence-electron chi connectivity index (χ0n) is 16.0. The Morgan fingerprint density at radius 1 is 1.04 bits per heavy atom. The van der Waals surface area contributed by atoms with E-state index in [0.29, 0.717) is 12.5 Å². The molecule has 0 saturated carbocycles. The zero-order valence-corrected chi connectivity index (χ0v) is 16.0. The molecule has 0 saturated heterocycles. The van der Waals surface area contributed by atoms with Gasteiger partial charge in [0, 0.05) is 29.8 Å². The van der Waals surface area contributed by atoms with Crippen molar-refractivity contribution in [1.29, 1.82) is 0 Å². The lowest BCUT2D eigenvalue weighted by Crippen LogP contribution is -2.12. The van der Waals surface area contributed by atoms with E-state index in [0.717, 1.165) is 38.9 Å². The molecule has 142 valence electrons. The quantitative estimate of drug-likeness (QED) is 0.557. The number of methoxy groups -OCH3 is 2. The summed E-state index contributed by atoms with van der Waals surface area (Å²) < 4.78 is 12.8. The third kappa shape index (κ3) is 2.93. The number of hydrogen-bond donors (Lipinski definition) is 1. The Morgan fingerprint density at radius 3 is 2.46 bits per heavy atom. The molecule has 3 aromatic carbocycles. The smallest absolute Gasteiger partial charge is 0.230 e. The first kappa shape index (κ1) is 17.9. The lowest BCUT2D eigenvalue weighted by molar-refractivity contribution is 0.0943. The lowest BCUT2D eigenvalue weighted by atomic mass is 10.0. The van der Waals surface area contributed by atoms with Gasteiger partial charge in [0.15, 0.2) is 0 Å². The summed E-state index contributed by atoms with van der Waals surface area (Å²) in [6, 6.07) is 17.5. The highest BCUT2D eigenvalue weighted by molar-refractivity contribution is 5.95. The Labute approximate surface area is 162 Å². The van der Waals surface area contributed by atoms with Crippen molar-refractivity contribution in [2.24, 2.45) is 0 Å². The van der Waals surface area contributed by atoms with E-state index in [1.165, 1.54) is 6.92 Å². The molecule has 0 fully saturated rings. The summed E-state index contributed by atoms with van der Waals surface area (Å²) in [7, 11) is 3.31. The maximum absolute atomic E-state index is 12.2. The highest BCUT2D eigenvalue weighted by Gasteiger charge is 2.16. The Bertz CT molecular complexity index is 1180. The summed E-state index contributed by atoms with van der Waals surface area (Å²) in [5.41, 5.74) is 2.46. The van der Waals surface area contributed by atoms with Crippen molar-refractivity contribution in [3.63, 3.8) is 0 Å². The van der Waals surface area contributed by atoms with Gasteiger partial charge in [-0.2, -0.15) is 0 Å². The highest BCUT2D eigenvalue weighted by Crippen LogP contribution is 2.37. The number of imidazole rings is 1. The van der Waals surface area contributed by atoms with Crippen molar-refractivity contribution >= 4 is 33.7 Å². The molecule has 0 radical (unpaired) electrons. The summed E-state index contributed by atoms with van der Waals surface area (Å²) >= 11 is 0. The number of ether oxygens (including phenoxy) is 2. The third-order valence-corrected chi connectivity index (χ3v) is 4.77. The normalized spacial score (nSPS) is 11.0. The van der Waals surface area contributed by atoms with Crippen LogP contribution in [-0.2, 0) is 6.54 Å². The van der Waals surface area contributed by atoms with Gasteiger partial charge in [0.05, 0.1) is 25.3 Å². The van der Waals surface area contributed by atoms with Gasteiger partial charge in [-0.25, -0.2) is 9.55 Å². The van der Waals surface area contributed by atoms with E-state index in [1.54, 1.807) is 18.8 Å². The van der Waals surface area contributed by atoms with Crippen LogP contribution in [0.25, 0.3) is 21.8 Å². The molecule has 1 heterocycles. The minimum Gasteiger partial charge on any atom is -0.496 e. The van der Waals surface area contributed by atoms with Crippen LogP contribution in [-0.4, -0.2) is 29.7 Å². The first-order chi connectivity index (χ1) is 13.6. The fourth-order valence-electron chi connectivity index (χ4n) is 3.55. The molecule has 0 aliphatic heterocycles. The molecule has 0 bridgehead atoms. The fraction of sp³-hybridized carbons (Fsp3) is 0.182. The molecular weight excluding hydrogens is 354 g/mol. The molecule has 6 heteroatoms. The van der Waals surface area contributed by atoms with E-state index in [1.807, 2.05) is 54.6 Å². The summed E-state index contributed by atoms with van der Waals surface area (Å²) in [6.45, 7) is 1.96. The summed E-state index contributed by atoms with van der Waals surface area (Å²) in [6.07, 6.45) is 0. The second-order valence-electron chi connectivity index (χ2n) is 6.45. The largest absolute Gasteiger partial charge is 0.496 e. The minimum absolute atomic E-state index is 0.0979. The molecule has 0 spiro atoms. The number of anilines is 1. The van der Waals surface area contributed by atoms with Gasteiger partial charge >= 0.3 is 0 Å². The number of para-hydroxylation sites is 2. The molecule has 1 N–H and O–H groups in total. The van der Waals surface area contributed by atoms with Gasteiger partial charge < -0.3 is 14.8 Å².